The van der Waals surface area contributed by atoms with Gasteiger partial charge in [-0.3, -0.25) is 9.69 Å². The number of amides is 1. The fourth-order valence-corrected chi connectivity index (χ4v) is 2.49. The van der Waals surface area contributed by atoms with Crippen LogP contribution in [0.25, 0.3) is 0 Å². The maximum absolute atomic E-state index is 11.9. The Morgan fingerprint density at radius 2 is 2.50 bits per heavy atom. The van der Waals surface area contributed by atoms with E-state index >= 15 is 0 Å². The normalized spacial score (nSPS) is 31.6. The molecule has 2 aliphatic rings. The topological polar surface area (TPSA) is 53.6 Å². The molecule has 5 nitrogen and oxygen atoms in total. The summed E-state index contributed by atoms with van der Waals surface area (Å²) in [6, 6.07) is 0.398. The Hall–Kier alpha value is -0.650. The second kappa shape index (κ2) is 5.61. The first-order valence-electron chi connectivity index (χ1n) is 6.15. The van der Waals surface area contributed by atoms with E-state index < -0.39 is 0 Å². The Bertz CT molecular complexity index is 241. The summed E-state index contributed by atoms with van der Waals surface area (Å²) in [6.45, 7) is 6.83. The third-order valence-electron chi connectivity index (χ3n) is 3.33. The summed E-state index contributed by atoms with van der Waals surface area (Å²) in [4.78, 5) is 14.2. The van der Waals surface area contributed by atoms with Gasteiger partial charge in [-0.05, 0) is 19.9 Å². The molecule has 0 radical (unpaired) electrons. The molecule has 2 saturated heterocycles. The van der Waals surface area contributed by atoms with Gasteiger partial charge in [0.2, 0.25) is 5.91 Å². The lowest BCUT2D eigenvalue weighted by Crippen LogP contribution is -2.57. The number of hydrogen-bond donors (Lipinski definition) is 2. The van der Waals surface area contributed by atoms with Gasteiger partial charge in [0.1, 0.15) is 6.04 Å². The van der Waals surface area contributed by atoms with Gasteiger partial charge >= 0.3 is 0 Å². The van der Waals surface area contributed by atoms with E-state index in [1.54, 1.807) is 0 Å². The Morgan fingerprint density at radius 1 is 1.62 bits per heavy atom. The van der Waals surface area contributed by atoms with Crippen molar-refractivity contribution in [2.45, 2.75) is 25.4 Å². The molecule has 2 atom stereocenters. The van der Waals surface area contributed by atoms with Gasteiger partial charge in [0, 0.05) is 25.7 Å². The van der Waals surface area contributed by atoms with Gasteiger partial charge in [-0.25, -0.2) is 0 Å². The van der Waals surface area contributed by atoms with Crippen molar-refractivity contribution in [1.29, 1.82) is 0 Å². The molecule has 2 unspecified atom stereocenters. The lowest BCUT2D eigenvalue weighted by atomic mass is 10.1. The van der Waals surface area contributed by atoms with Crippen LogP contribution in [-0.2, 0) is 9.53 Å². The molecule has 16 heavy (non-hydrogen) atoms. The first-order chi connectivity index (χ1) is 7.83. The number of carbonyl (C=O) groups excluding carboxylic acids is 1. The zero-order valence-electron chi connectivity index (χ0n) is 9.87. The Labute approximate surface area is 96.5 Å². The highest BCUT2D eigenvalue weighted by Gasteiger charge is 2.34. The summed E-state index contributed by atoms with van der Waals surface area (Å²) in [6.07, 6.45) is 1.13. The van der Waals surface area contributed by atoms with Crippen molar-refractivity contribution in [3.63, 3.8) is 0 Å². The van der Waals surface area contributed by atoms with Crippen molar-refractivity contribution >= 4 is 5.91 Å². The average molecular weight is 227 g/mol. The summed E-state index contributed by atoms with van der Waals surface area (Å²) in [7, 11) is 0. The third kappa shape index (κ3) is 2.53. The molecule has 0 saturated carbocycles. The molecule has 2 N–H and O–H groups in total. The number of hydrogen-bond acceptors (Lipinski definition) is 4. The summed E-state index contributed by atoms with van der Waals surface area (Å²) >= 11 is 0. The van der Waals surface area contributed by atoms with E-state index in [0.29, 0.717) is 19.2 Å². The van der Waals surface area contributed by atoms with Crippen LogP contribution in [0.15, 0.2) is 0 Å². The van der Waals surface area contributed by atoms with Gasteiger partial charge in [-0.15, -0.1) is 0 Å². The molecule has 5 heteroatoms. The smallest absolute Gasteiger partial charge is 0.239 e. The van der Waals surface area contributed by atoms with Crippen LogP contribution < -0.4 is 10.6 Å². The fraction of sp³-hybridized carbons (Fsp3) is 0.909. The predicted octanol–water partition coefficient (Wildman–Crippen LogP) is -0.815. The van der Waals surface area contributed by atoms with E-state index in [1.807, 2.05) is 6.92 Å². The van der Waals surface area contributed by atoms with Crippen LogP contribution in [0.1, 0.15) is 13.3 Å². The standard InChI is InChI=1S/C11H21N3O2/c1-2-13-11(15)10-8-16-6-5-14(10)9-3-4-12-7-9/h9-10,12H,2-8H2,1H3,(H,13,15). The monoisotopic (exact) mass is 227 g/mol. The average Bonchev–Trinajstić information content (AvgIpc) is 2.83. The quantitative estimate of drug-likeness (QED) is 0.662. The highest BCUT2D eigenvalue weighted by Crippen LogP contribution is 2.16. The lowest BCUT2D eigenvalue weighted by molar-refractivity contribution is -0.134. The molecule has 0 spiro atoms. The number of likely N-dealkylation sites (N-methyl/N-ethyl adjacent to an activating group) is 1. The Kier molecular flexibility index (Phi) is 4.15. The second-order valence-corrected chi connectivity index (χ2v) is 4.37. The first kappa shape index (κ1) is 11.8. The Morgan fingerprint density at radius 3 is 3.19 bits per heavy atom. The van der Waals surface area contributed by atoms with E-state index in [0.717, 1.165) is 32.7 Å². The Balaban J connectivity index is 1.98. The molecule has 2 rings (SSSR count). The summed E-state index contributed by atoms with van der Waals surface area (Å²) < 4.78 is 5.42. The van der Waals surface area contributed by atoms with E-state index in [-0.39, 0.29) is 11.9 Å². The molecule has 92 valence electrons. The number of morpholine rings is 1. The maximum atomic E-state index is 11.9. The summed E-state index contributed by atoms with van der Waals surface area (Å²) in [5.41, 5.74) is 0. The fourth-order valence-electron chi connectivity index (χ4n) is 2.49. The van der Waals surface area contributed by atoms with Crippen molar-refractivity contribution in [3.05, 3.63) is 0 Å². The third-order valence-corrected chi connectivity index (χ3v) is 3.33. The zero-order valence-corrected chi connectivity index (χ0v) is 9.87. The number of nitrogens with zero attached hydrogens (tertiary/aromatic N) is 1. The van der Waals surface area contributed by atoms with E-state index in [4.69, 9.17) is 4.74 Å². The van der Waals surface area contributed by atoms with Crippen LogP contribution in [0.4, 0.5) is 0 Å². The van der Waals surface area contributed by atoms with Crippen LogP contribution in [0, 0.1) is 0 Å². The number of ether oxygens (including phenoxy) is 1. The van der Waals surface area contributed by atoms with Gasteiger partial charge in [0.15, 0.2) is 0 Å². The van der Waals surface area contributed by atoms with Gasteiger partial charge in [-0.1, -0.05) is 0 Å². The first-order valence-corrected chi connectivity index (χ1v) is 6.15. The molecule has 0 bridgehead atoms. The van der Waals surface area contributed by atoms with E-state index in [2.05, 4.69) is 15.5 Å². The largest absolute Gasteiger partial charge is 0.378 e. The maximum Gasteiger partial charge on any atom is 0.239 e. The molecule has 2 heterocycles. The molecular formula is C11H21N3O2. The van der Waals surface area contributed by atoms with Gasteiger partial charge in [0.05, 0.1) is 13.2 Å². The van der Waals surface area contributed by atoms with Crippen molar-refractivity contribution < 1.29 is 9.53 Å². The zero-order chi connectivity index (χ0) is 11.4. The predicted molar refractivity (Wildman–Crippen MR) is 61.3 cm³/mol. The van der Waals surface area contributed by atoms with Gasteiger partial charge < -0.3 is 15.4 Å². The van der Waals surface area contributed by atoms with Crippen molar-refractivity contribution in [2.75, 3.05) is 39.4 Å². The lowest BCUT2D eigenvalue weighted by Gasteiger charge is -2.38. The minimum Gasteiger partial charge on any atom is -0.378 e. The highest BCUT2D eigenvalue weighted by atomic mass is 16.5. The van der Waals surface area contributed by atoms with Crippen molar-refractivity contribution in [2.24, 2.45) is 0 Å². The minimum atomic E-state index is -0.0985. The van der Waals surface area contributed by atoms with Crippen LogP contribution in [0.2, 0.25) is 0 Å². The van der Waals surface area contributed by atoms with Gasteiger partial charge in [-0.2, -0.15) is 0 Å². The number of nitrogens with one attached hydrogen (secondary N) is 2. The summed E-state index contributed by atoms with van der Waals surface area (Å²) in [5.74, 6) is 0.106. The van der Waals surface area contributed by atoms with Crippen molar-refractivity contribution in [1.82, 2.24) is 15.5 Å². The number of carbonyl (C=O) groups is 1. The molecule has 0 aromatic rings. The number of rotatable bonds is 3. The van der Waals surface area contributed by atoms with Crippen LogP contribution in [-0.4, -0.2) is 62.3 Å². The second-order valence-electron chi connectivity index (χ2n) is 4.37. The molecule has 2 fully saturated rings. The molecule has 0 aromatic carbocycles. The minimum absolute atomic E-state index is 0.0985. The molecule has 2 aliphatic heterocycles. The molecule has 0 aromatic heterocycles. The molecular weight excluding hydrogens is 206 g/mol. The molecule has 0 aliphatic carbocycles. The SMILES string of the molecule is CCNC(=O)C1COCCN1C1CCNC1. The highest BCUT2D eigenvalue weighted by molar-refractivity contribution is 5.82. The van der Waals surface area contributed by atoms with Crippen LogP contribution in [0.5, 0.6) is 0 Å². The van der Waals surface area contributed by atoms with E-state index in [1.165, 1.54) is 0 Å². The van der Waals surface area contributed by atoms with Crippen molar-refractivity contribution in [3.8, 4) is 0 Å². The summed E-state index contributed by atoms with van der Waals surface area (Å²) in [5, 5.41) is 6.23. The molecule has 1 amide bonds. The van der Waals surface area contributed by atoms with Gasteiger partial charge in [0.25, 0.3) is 0 Å². The van der Waals surface area contributed by atoms with Crippen LogP contribution in [0.3, 0.4) is 0 Å². The van der Waals surface area contributed by atoms with E-state index in [9.17, 15) is 4.79 Å². The van der Waals surface area contributed by atoms with Crippen LogP contribution >= 0.6 is 0 Å².